The Bertz CT molecular complexity index is 950. The molecule has 1 aromatic carbocycles. The highest BCUT2D eigenvalue weighted by Crippen LogP contribution is 2.21. The third-order valence-electron chi connectivity index (χ3n) is 3.57. The van der Waals surface area contributed by atoms with E-state index in [0.29, 0.717) is 40.3 Å². The van der Waals surface area contributed by atoms with Gasteiger partial charge in [-0.05, 0) is 65.5 Å². The lowest BCUT2D eigenvalue weighted by Crippen LogP contribution is -2.13. The van der Waals surface area contributed by atoms with Crippen LogP contribution in [-0.2, 0) is 14.5 Å². The van der Waals surface area contributed by atoms with Crippen molar-refractivity contribution in [1.29, 1.82) is 0 Å². The number of nitrogens with one attached hydrogen (secondary N) is 1. The Labute approximate surface area is 177 Å². The SMILES string of the molecule is CCOC(=O)N=S(=O)(CCCCNc1nc(Cl)ncc1Br)c1cccc(N)c1. The van der Waals surface area contributed by atoms with Gasteiger partial charge in [-0.25, -0.2) is 14.0 Å². The second-order valence-electron chi connectivity index (χ2n) is 5.68. The van der Waals surface area contributed by atoms with Crippen molar-refractivity contribution in [2.24, 2.45) is 4.36 Å². The number of carbonyl (C=O) groups is 1. The van der Waals surface area contributed by atoms with E-state index in [0.717, 1.165) is 0 Å². The number of unbranched alkanes of at least 4 members (excludes halogenated alkanes) is 1. The van der Waals surface area contributed by atoms with E-state index in [-0.39, 0.29) is 17.6 Å². The van der Waals surface area contributed by atoms with Crippen LogP contribution < -0.4 is 11.1 Å². The molecule has 0 aliphatic heterocycles. The van der Waals surface area contributed by atoms with Crippen LogP contribution in [0.25, 0.3) is 0 Å². The maximum atomic E-state index is 13.4. The molecule has 0 radical (unpaired) electrons. The van der Waals surface area contributed by atoms with Crippen LogP contribution in [-0.4, -0.2) is 39.2 Å². The van der Waals surface area contributed by atoms with Gasteiger partial charge >= 0.3 is 6.09 Å². The summed E-state index contributed by atoms with van der Waals surface area (Å²) in [7, 11) is -2.98. The number of amides is 1. The largest absolute Gasteiger partial charge is 0.448 e. The van der Waals surface area contributed by atoms with Gasteiger partial charge in [-0.1, -0.05) is 6.07 Å². The molecule has 0 fully saturated rings. The number of ether oxygens (including phenoxy) is 1. The van der Waals surface area contributed by atoms with Crippen molar-refractivity contribution in [1.82, 2.24) is 9.97 Å². The Morgan fingerprint density at radius 2 is 2.21 bits per heavy atom. The van der Waals surface area contributed by atoms with Crippen molar-refractivity contribution >= 4 is 54.9 Å². The molecule has 0 spiro atoms. The average molecular weight is 491 g/mol. The fraction of sp³-hybridized carbons (Fsp3) is 0.353. The van der Waals surface area contributed by atoms with Crippen molar-refractivity contribution in [3.05, 3.63) is 40.2 Å². The maximum absolute atomic E-state index is 13.4. The van der Waals surface area contributed by atoms with Gasteiger partial charge in [-0.15, -0.1) is 4.36 Å². The predicted molar refractivity (Wildman–Crippen MR) is 114 cm³/mol. The first kappa shape index (κ1) is 22.4. The highest BCUT2D eigenvalue weighted by molar-refractivity contribution is 9.10. The molecule has 1 aromatic heterocycles. The summed E-state index contributed by atoms with van der Waals surface area (Å²) in [6.45, 7) is 2.39. The van der Waals surface area contributed by atoms with Crippen LogP contribution in [0.15, 0.2) is 44.2 Å². The number of rotatable bonds is 8. The number of hydrogen-bond acceptors (Lipinski definition) is 7. The van der Waals surface area contributed by atoms with Gasteiger partial charge in [0.25, 0.3) is 0 Å². The molecule has 11 heteroatoms. The first-order valence-electron chi connectivity index (χ1n) is 8.53. The summed E-state index contributed by atoms with van der Waals surface area (Å²) in [6, 6.07) is 6.59. The number of benzene rings is 1. The average Bonchev–Trinajstić information content (AvgIpc) is 2.64. The number of nitrogens with two attached hydrogens (primary N) is 1. The van der Waals surface area contributed by atoms with Crippen LogP contribution in [0.4, 0.5) is 16.3 Å². The van der Waals surface area contributed by atoms with Gasteiger partial charge in [-0.3, -0.25) is 0 Å². The summed E-state index contributed by atoms with van der Waals surface area (Å²) in [6.07, 6.45) is 1.95. The van der Waals surface area contributed by atoms with Gasteiger partial charge in [0.05, 0.1) is 25.7 Å². The first-order valence-corrected chi connectivity index (χ1v) is 11.4. The third-order valence-corrected chi connectivity index (χ3v) is 6.61. The number of nitrogens with zero attached hydrogens (tertiary/aromatic N) is 3. The van der Waals surface area contributed by atoms with E-state index in [9.17, 15) is 9.00 Å². The molecular weight excluding hydrogens is 470 g/mol. The normalized spacial score (nSPS) is 12.8. The lowest BCUT2D eigenvalue weighted by molar-refractivity contribution is 0.164. The molecule has 0 saturated heterocycles. The Morgan fingerprint density at radius 1 is 1.43 bits per heavy atom. The minimum atomic E-state index is -2.98. The van der Waals surface area contributed by atoms with Crippen LogP contribution in [0, 0.1) is 0 Å². The van der Waals surface area contributed by atoms with Crippen molar-refractivity contribution in [3.8, 4) is 0 Å². The van der Waals surface area contributed by atoms with Crippen molar-refractivity contribution in [3.63, 3.8) is 0 Å². The Kier molecular flexibility index (Phi) is 8.46. The van der Waals surface area contributed by atoms with Crippen molar-refractivity contribution < 1.29 is 13.7 Å². The molecule has 1 unspecified atom stereocenters. The minimum Gasteiger partial charge on any atom is -0.448 e. The summed E-state index contributed by atoms with van der Waals surface area (Å²) in [4.78, 5) is 20.2. The monoisotopic (exact) mass is 489 g/mol. The molecule has 28 heavy (non-hydrogen) atoms. The van der Waals surface area contributed by atoms with Gasteiger partial charge in [-0.2, -0.15) is 4.98 Å². The summed E-state index contributed by atoms with van der Waals surface area (Å²) >= 11 is 9.12. The van der Waals surface area contributed by atoms with Crippen LogP contribution >= 0.6 is 27.5 Å². The van der Waals surface area contributed by atoms with Gasteiger partial charge in [0.1, 0.15) is 5.82 Å². The molecule has 1 amide bonds. The minimum absolute atomic E-state index is 0.142. The molecule has 1 heterocycles. The van der Waals surface area contributed by atoms with Gasteiger partial charge in [0, 0.05) is 24.2 Å². The smallest absolute Gasteiger partial charge is 0.442 e. The highest BCUT2D eigenvalue weighted by Gasteiger charge is 2.16. The zero-order valence-corrected chi connectivity index (χ0v) is 18.4. The topological polar surface area (TPSA) is 120 Å². The standard InChI is InChI=1S/C17H21BrClN5O3S/c1-2-27-17(25)24-28(26,13-7-5-6-12(20)10-13)9-4-3-8-21-15-14(18)11-22-16(19)23-15/h5-7,10-11H,2-4,8-9,20H2,1H3,(H,21,22,23). The van der Waals surface area contributed by atoms with Crippen molar-refractivity contribution in [2.75, 3.05) is 30.0 Å². The molecule has 0 aliphatic rings. The van der Waals surface area contributed by atoms with Crippen LogP contribution in [0.3, 0.4) is 0 Å². The Morgan fingerprint density at radius 3 is 2.93 bits per heavy atom. The molecule has 1 atom stereocenters. The molecule has 2 rings (SSSR count). The Hall–Kier alpha value is -1.91. The number of anilines is 2. The van der Waals surface area contributed by atoms with Crippen LogP contribution in [0.1, 0.15) is 19.8 Å². The number of carbonyl (C=O) groups excluding carboxylic acids is 1. The second kappa shape index (κ2) is 10.6. The lowest BCUT2D eigenvalue weighted by atomic mass is 10.3. The summed E-state index contributed by atoms with van der Waals surface area (Å²) < 4.78 is 22.7. The number of halogens is 2. The fourth-order valence-corrected chi connectivity index (χ4v) is 4.70. The lowest BCUT2D eigenvalue weighted by Gasteiger charge is -2.11. The zero-order chi connectivity index (χ0) is 20.6. The molecule has 0 bridgehead atoms. The van der Waals surface area contributed by atoms with E-state index in [1.165, 1.54) is 0 Å². The molecule has 0 aliphatic carbocycles. The molecule has 3 N–H and O–H groups in total. The quantitative estimate of drug-likeness (QED) is 0.320. The molecule has 152 valence electrons. The van der Waals surface area contributed by atoms with Crippen molar-refractivity contribution in [2.45, 2.75) is 24.7 Å². The maximum Gasteiger partial charge on any atom is 0.442 e. The van der Waals surface area contributed by atoms with Gasteiger partial charge in [0.15, 0.2) is 0 Å². The summed E-state index contributed by atoms with van der Waals surface area (Å²) in [5, 5.41) is 3.27. The van der Waals surface area contributed by atoms with E-state index in [1.54, 1.807) is 37.4 Å². The molecule has 2 aromatic rings. The second-order valence-corrected chi connectivity index (χ2v) is 9.21. The Balaban J connectivity index is 2.04. The number of aromatic nitrogens is 2. The van der Waals surface area contributed by atoms with Gasteiger partial charge < -0.3 is 15.8 Å². The van der Waals surface area contributed by atoms with Crippen LogP contribution in [0.2, 0.25) is 5.28 Å². The fourth-order valence-electron chi connectivity index (χ4n) is 2.30. The van der Waals surface area contributed by atoms with E-state index in [4.69, 9.17) is 22.1 Å². The molecule has 8 nitrogen and oxygen atoms in total. The van der Waals surface area contributed by atoms with Crippen LogP contribution in [0.5, 0.6) is 0 Å². The number of hydrogen-bond donors (Lipinski definition) is 2. The molecular formula is C17H21BrClN5O3S. The summed E-state index contributed by atoms with van der Waals surface area (Å²) in [5.74, 6) is 0.774. The van der Waals surface area contributed by atoms with E-state index >= 15 is 0 Å². The zero-order valence-electron chi connectivity index (χ0n) is 15.2. The first-order chi connectivity index (χ1) is 13.3. The van der Waals surface area contributed by atoms with E-state index < -0.39 is 15.8 Å². The number of nitrogen functional groups attached to an aromatic ring is 1. The third kappa shape index (κ3) is 6.61. The summed E-state index contributed by atoms with van der Waals surface area (Å²) in [5.41, 5.74) is 6.25. The molecule has 0 saturated carbocycles. The predicted octanol–water partition coefficient (Wildman–Crippen LogP) is 4.35. The van der Waals surface area contributed by atoms with E-state index in [1.807, 2.05) is 0 Å². The van der Waals surface area contributed by atoms with E-state index in [2.05, 4.69) is 35.6 Å². The highest BCUT2D eigenvalue weighted by atomic mass is 79.9. The van der Waals surface area contributed by atoms with Gasteiger partial charge in [0.2, 0.25) is 5.28 Å².